The van der Waals surface area contributed by atoms with Crippen molar-refractivity contribution in [1.29, 1.82) is 0 Å². The minimum atomic E-state index is -0.101. The molecule has 0 unspecified atom stereocenters. The van der Waals surface area contributed by atoms with Crippen LogP contribution in [0.3, 0.4) is 0 Å². The van der Waals surface area contributed by atoms with Gasteiger partial charge in [0.15, 0.2) is 12.3 Å². The fraction of sp³-hybridized carbons (Fsp3) is 0.294. The molecular weight excluding hydrogens is 610 g/mol. The molecule has 1 aliphatic heterocycles. The van der Waals surface area contributed by atoms with Gasteiger partial charge >= 0.3 is 0 Å². The average molecular weight is 639 g/mol. The minimum Gasteiger partial charge on any atom is -0.506 e. The first kappa shape index (κ1) is 28.0. The Labute approximate surface area is 265 Å². The van der Waals surface area contributed by atoms with E-state index in [1.54, 1.807) is 12.1 Å². The molecular formula is C34H29Cl4N2O2+. The van der Waals surface area contributed by atoms with Crippen LogP contribution in [-0.4, -0.2) is 32.3 Å². The smallest absolute Gasteiger partial charge is 0.221 e. The van der Waals surface area contributed by atoms with Crippen molar-refractivity contribution in [2.24, 2.45) is 0 Å². The van der Waals surface area contributed by atoms with Gasteiger partial charge in [0.25, 0.3) is 0 Å². The maximum atomic E-state index is 13.9. The van der Waals surface area contributed by atoms with Crippen molar-refractivity contribution >= 4 is 63.5 Å². The Morgan fingerprint density at radius 3 is 2.19 bits per heavy atom. The van der Waals surface area contributed by atoms with Crippen LogP contribution < -0.4 is 0 Å². The van der Waals surface area contributed by atoms with Crippen LogP contribution in [0.15, 0.2) is 71.1 Å². The Hall–Kier alpha value is -2.76. The predicted octanol–water partition coefficient (Wildman–Crippen LogP) is 8.76. The second-order valence-electron chi connectivity index (χ2n) is 11.4. The van der Waals surface area contributed by atoms with Gasteiger partial charge in [-0.15, -0.1) is 0 Å². The highest BCUT2D eigenvalue weighted by Gasteiger charge is 2.45. The fourth-order valence-corrected chi connectivity index (χ4v) is 7.93. The number of carbonyl (C=O) groups excluding carboxylic acids is 1. The third-order valence-electron chi connectivity index (χ3n) is 9.00. The van der Waals surface area contributed by atoms with Crippen LogP contribution in [-0.2, 0) is 37.0 Å². The molecule has 0 bridgehead atoms. The second kappa shape index (κ2) is 11.1. The summed E-state index contributed by atoms with van der Waals surface area (Å²) in [4.78, 5) is 13.9. The molecule has 4 nitrogen and oxygen atoms in total. The molecule has 2 aromatic carbocycles. The molecule has 1 aromatic heterocycles. The molecule has 1 saturated carbocycles. The Balaban J connectivity index is 1.23. The summed E-state index contributed by atoms with van der Waals surface area (Å²) in [6.07, 6.45) is 9.60. The Bertz CT molecular complexity index is 1810. The Morgan fingerprint density at radius 2 is 1.50 bits per heavy atom. The number of rotatable bonds is 7. The van der Waals surface area contributed by atoms with Gasteiger partial charge in [0.2, 0.25) is 11.5 Å². The third kappa shape index (κ3) is 4.77. The van der Waals surface area contributed by atoms with Crippen molar-refractivity contribution in [3.05, 3.63) is 119 Å². The van der Waals surface area contributed by atoms with Gasteiger partial charge in [-0.1, -0.05) is 58.5 Å². The van der Waals surface area contributed by atoms with Gasteiger partial charge < -0.3 is 9.67 Å². The van der Waals surface area contributed by atoms with E-state index in [-0.39, 0.29) is 11.5 Å². The summed E-state index contributed by atoms with van der Waals surface area (Å²) in [5, 5.41) is 14.0. The number of hydrogen-bond donors (Lipinski definition) is 1. The molecule has 214 valence electrons. The number of ketones is 1. The minimum absolute atomic E-state index is 0.0869. The lowest BCUT2D eigenvalue weighted by atomic mass is 9.84. The third-order valence-corrected chi connectivity index (χ3v) is 10.2. The first-order valence-electron chi connectivity index (χ1n) is 14.5. The molecule has 1 fully saturated rings. The zero-order chi connectivity index (χ0) is 29.1. The summed E-state index contributed by atoms with van der Waals surface area (Å²) in [6.45, 7) is 1.33. The maximum Gasteiger partial charge on any atom is 0.221 e. The molecule has 0 saturated heterocycles. The predicted molar refractivity (Wildman–Crippen MR) is 170 cm³/mol. The van der Waals surface area contributed by atoms with Crippen LogP contribution in [0.25, 0.3) is 5.57 Å². The normalized spacial score (nSPS) is 19.5. The number of aromatic nitrogens is 1. The molecule has 0 atom stereocenters. The maximum absolute atomic E-state index is 13.9. The lowest BCUT2D eigenvalue weighted by Crippen LogP contribution is -2.28. The Kier molecular flexibility index (Phi) is 7.38. The fourth-order valence-electron chi connectivity index (χ4n) is 6.92. The van der Waals surface area contributed by atoms with Crippen molar-refractivity contribution in [1.82, 2.24) is 4.57 Å². The topological polar surface area (TPSA) is 45.2 Å². The van der Waals surface area contributed by atoms with Crippen LogP contribution in [0.2, 0.25) is 20.1 Å². The van der Waals surface area contributed by atoms with Gasteiger partial charge in [0.1, 0.15) is 11.3 Å². The standard InChI is InChI=1S/C34H28Cl4N2O2/c35-23-9-7-19(25(37)17-23)11-13-39-27-5-1-3-21(27)15-29(39)31-33(41)32(34(31)42)30-16-22-4-2-6-28(22)40(30)14-12-20-8-10-24(36)18-26(20)38/h7-10,15-18H,1-6,11-14H2/p+1. The number of aliphatic hydroxyl groups is 1. The molecule has 1 N–H and O–H groups in total. The van der Waals surface area contributed by atoms with E-state index < -0.39 is 0 Å². The molecule has 3 aliphatic carbocycles. The second-order valence-corrected chi connectivity index (χ2v) is 13.1. The molecule has 0 radical (unpaired) electrons. The van der Waals surface area contributed by atoms with E-state index in [2.05, 4.69) is 21.3 Å². The highest BCUT2D eigenvalue weighted by molar-refractivity contribution is 6.39. The highest BCUT2D eigenvalue weighted by atomic mass is 35.5. The lowest BCUT2D eigenvalue weighted by molar-refractivity contribution is -0.469. The summed E-state index contributed by atoms with van der Waals surface area (Å²) in [6, 6.07) is 13.2. The lowest BCUT2D eigenvalue weighted by Gasteiger charge is -2.24. The first-order chi connectivity index (χ1) is 20.3. The summed E-state index contributed by atoms with van der Waals surface area (Å²) in [5.41, 5.74) is 9.45. The van der Waals surface area contributed by atoms with Crippen LogP contribution in [0.5, 0.6) is 0 Å². The first-order valence-corrected chi connectivity index (χ1v) is 16.0. The number of nitrogens with zero attached hydrogens (tertiary/aromatic N) is 2. The Morgan fingerprint density at radius 1 is 0.810 bits per heavy atom. The zero-order valence-corrected chi connectivity index (χ0v) is 26.0. The number of allylic oxidation sites excluding steroid dienone is 4. The molecule has 4 aliphatic rings. The number of fused-ring (bicyclic) bond motifs is 2. The molecule has 8 heteroatoms. The number of hydrogen-bond acceptors (Lipinski definition) is 2. The van der Waals surface area contributed by atoms with Crippen molar-refractivity contribution in [3.63, 3.8) is 0 Å². The molecule has 3 aromatic rings. The number of Topliss-reactive ketones (excluding diaryl/α,β-unsaturated/α-hetero) is 1. The van der Waals surface area contributed by atoms with E-state index in [9.17, 15) is 9.90 Å². The summed E-state index contributed by atoms with van der Waals surface area (Å²) >= 11 is 25.2. The van der Waals surface area contributed by atoms with Gasteiger partial charge in [0, 0.05) is 56.8 Å². The number of carbonyl (C=O) groups is 1. The van der Waals surface area contributed by atoms with Crippen molar-refractivity contribution in [3.8, 4) is 0 Å². The monoisotopic (exact) mass is 637 g/mol. The van der Waals surface area contributed by atoms with Crippen molar-refractivity contribution < 1.29 is 14.5 Å². The van der Waals surface area contributed by atoms with Crippen LogP contribution >= 0.6 is 46.4 Å². The quantitative estimate of drug-likeness (QED) is 0.208. The van der Waals surface area contributed by atoms with E-state index in [4.69, 9.17) is 46.4 Å². The van der Waals surface area contributed by atoms with Gasteiger partial charge in [-0.25, -0.2) is 0 Å². The van der Waals surface area contributed by atoms with Crippen LogP contribution in [0.1, 0.15) is 53.8 Å². The van der Waals surface area contributed by atoms with Gasteiger partial charge in [-0.05, 0) is 85.5 Å². The molecule has 2 heterocycles. The SMILES string of the molecule is O=C1C(=C2C=C3CCCC3=[N+]2CCc2ccc(Cl)cc2Cl)C(O)=C1c1cc2c(n1CCc1ccc(Cl)cc1Cl)CCC2. The highest BCUT2D eigenvalue weighted by Crippen LogP contribution is 2.43. The zero-order valence-electron chi connectivity index (χ0n) is 23.0. The van der Waals surface area contributed by atoms with Crippen LogP contribution in [0, 0.1) is 0 Å². The van der Waals surface area contributed by atoms with Gasteiger partial charge in [-0.3, -0.25) is 4.79 Å². The largest absolute Gasteiger partial charge is 0.506 e. The summed E-state index contributed by atoms with van der Waals surface area (Å²) in [5.74, 6) is -0.0136. The van der Waals surface area contributed by atoms with E-state index in [0.717, 1.165) is 61.0 Å². The number of halogens is 4. The van der Waals surface area contributed by atoms with Crippen molar-refractivity contribution in [2.45, 2.75) is 57.9 Å². The van der Waals surface area contributed by atoms with E-state index in [0.29, 0.717) is 57.2 Å². The molecule has 7 rings (SSSR count). The summed E-state index contributed by atoms with van der Waals surface area (Å²) in [7, 11) is 0. The number of benzene rings is 2. The van der Waals surface area contributed by atoms with Gasteiger partial charge in [0.05, 0.1) is 11.3 Å². The van der Waals surface area contributed by atoms with Crippen LogP contribution in [0.4, 0.5) is 0 Å². The van der Waals surface area contributed by atoms with E-state index in [1.807, 2.05) is 24.3 Å². The molecule has 42 heavy (non-hydrogen) atoms. The van der Waals surface area contributed by atoms with E-state index in [1.165, 1.54) is 22.5 Å². The van der Waals surface area contributed by atoms with Gasteiger partial charge in [-0.2, -0.15) is 4.58 Å². The van der Waals surface area contributed by atoms with Crippen molar-refractivity contribution in [2.75, 3.05) is 6.54 Å². The van der Waals surface area contributed by atoms with E-state index >= 15 is 0 Å². The average Bonchev–Trinajstić information content (AvgIpc) is 3.72. The number of aliphatic hydroxyl groups excluding tert-OH is 1. The summed E-state index contributed by atoms with van der Waals surface area (Å²) < 4.78 is 4.43. The molecule has 0 amide bonds. The number of aryl methyl sites for hydroxylation is 2. The molecule has 0 spiro atoms.